The number of methoxy groups -OCH3 is 1. The van der Waals surface area contributed by atoms with Crippen LogP contribution in [0.4, 0.5) is 0 Å². The summed E-state index contributed by atoms with van der Waals surface area (Å²) in [7, 11) is 1.58. The average molecular weight is 215 g/mol. The fourth-order valence-electron chi connectivity index (χ4n) is 1.84. The molecule has 0 saturated heterocycles. The van der Waals surface area contributed by atoms with E-state index in [-0.39, 0.29) is 5.97 Å². The summed E-state index contributed by atoms with van der Waals surface area (Å²) in [5.41, 5.74) is 5.28. The van der Waals surface area contributed by atoms with Gasteiger partial charge in [-0.05, 0) is 31.6 Å². The third-order valence-corrected chi connectivity index (χ3v) is 3.09. The number of carbonyl (C=O) groups is 1. The van der Waals surface area contributed by atoms with Crippen molar-refractivity contribution in [3.05, 3.63) is 0 Å². The molecule has 0 radical (unpaired) electrons. The van der Waals surface area contributed by atoms with E-state index in [9.17, 15) is 4.79 Å². The van der Waals surface area contributed by atoms with Gasteiger partial charge in [-0.3, -0.25) is 4.79 Å². The van der Waals surface area contributed by atoms with Gasteiger partial charge in [-0.1, -0.05) is 6.92 Å². The molecule has 1 aliphatic carbocycles. The Morgan fingerprint density at radius 2 is 2.00 bits per heavy atom. The zero-order valence-corrected chi connectivity index (χ0v) is 9.62. The van der Waals surface area contributed by atoms with Gasteiger partial charge in [0.2, 0.25) is 0 Å². The summed E-state index contributed by atoms with van der Waals surface area (Å²) in [4.78, 5) is 11.7. The van der Waals surface area contributed by atoms with Gasteiger partial charge in [-0.25, -0.2) is 0 Å². The van der Waals surface area contributed by atoms with Gasteiger partial charge in [-0.2, -0.15) is 0 Å². The Hall–Kier alpha value is -0.610. The molecule has 0 amide bonds. The second kappa shape index (κ2) is 5.47. The van der Waals surface area contributed by atoms with E-state index in [1.807, 2.05) is 0 Å². The smallest absolute Gasteiger partial charge is 0.326 e. The molecule has 15 heavy (non-hydrogen) atoms. The molecule has 0 unspecified atom stereocenters. The standard InChI is InChI=1S/C11H21NO3/c1-9-3-5-11(12,6-4-9)10(13)15-8-7-14-2/h9H,3-8,12H2,1-2H3. The van der Waals surface area contributed by atoms with Gasteiger partial charge in [0, 0.05) is 7.11 Å². The molecule has 4 nitrogen and oxygen atoms in total. The van der Waals surface area contributed by atoms with Crippen molar-refractivity contribution in [2.24, 2.45) is 11.7 Å². The Bertz CT molecular complexity index is 210. The van der Waals surface area contributed by atoms with E-state index in [0.29, 0.717) is 19.1 Å². The zero-order valence-electron chi connectivity index (χ0n) is 9.62. The molecule has 0 aromatic rings. The van der Waals surface area contributed by atoms with E-state index >= 15 is 0 Å². The number of ether oxygens (including phenoxy) is 2. The van der Waals surface area contributed by atoms with Crippen molar-refractivity contribution in [1.82, 2.24) is 0 Å². The second-order valence-corrected chi connectivity index (χ2v) is 4.47. The van der Waals surface area contributed by atoms with Crippen molar-refractivity contribution in [3.8, 4) is 0 Å². The van der Waals surface area contributed by atoms with Crippen LogP contribution in [-0.4, -0.2) is 31.8 Å². The summed E-state index contributed by atoms with van der Waals surface area (Å²) in [6.07, 6.45) is 3.49. The molecule has 88 valence electrons. The maximum absolute atomic E-state index is 11.7. The first-order valence-corrected chi connectivity index (χ1v) is 5.53. The molecule has 0 aliphatic heterocycles. The van der Waals surface area contributed by atoms with Crippen molar-refractivity contribution in [1.29, 1.82) is 0 Å². The number of hydrogen-bond donors (Lipinski definition) is 1. The van der Waals surface area contributed by atoms with Crippen LogP contribution in [0.5, 0.6) is 0 Å². The highest BCUT2D eigenvalue weighted by Crippen LogP contribution is 2.30. The minimum Gasteiger partial charge on any atom is -0.462 e. The molecule has 1 saturated carbocycles. The molecule has 2 N–H and O–H groups in total. The van der Waals surface area contributed by atoms with Crippen molar-refractivity contribution < 1.29 is 14.3 Å². The van der Waals surface area contributed by atoms with Gasteiger partial charge in [0.15, 0.2) is 0 Å². The number of nitrogens with two attached hydrogens (primary N) is 1. The molecular weight excluding hydrogens is 194 g/mol. The van der Waals surface area contributed by atoms with E-state index in [1.165, 1.54) is 0 Å². The fourth-order valence-corrected chi connectivity index (χ4v) is 1.84. The first kappa shape index (κ1) is 12.5. The van der Waals surface area contributed by atoms with Crippen LogP contribution in [0.2, 0.25) is 0 Å². The quantitative estimate of drug-likeness (QED) is 0.563. The fraction of sp³-hybridized carbons (Fsp3) is 0.909. The molecule has 0 bridgehead atoms. The predicted molar refractivity (Wildman–Crippen MR) is 57.4 cm³/mol. The van der Waals surface area contributed by atoms with Crippen molar-refractivity contribution in [2.45, 2.75) is 38.1 Å². The molecule has 0 aromatic carbocycles. The van der Waals surface area contributed by atoms with Gasteiger partial charge < -0.3 is 15.2 Å². The van der Waals surface area contributed by atoms with Crippen molar-refractivity contribution in [3.63, 3.8) is 0 Å². The summed E-state index contributed by atoms with van der Waals surface area (Å²) < 4.78 is 9.88. The van der Waals surface area contributed by atoms with Crippen LogP contribution in [0.25, 0.3) is 0 Å². The lowest BCUT2D eigenvalue weighted by Gasteiger charge is -2.33. The Morgan fingerprint density at radius 3 is 2.53 bits per heavy atom. The molecule has 1 fully saturated rings. The summed E-state index contributed by atoms with van der Waals surface area (Å²) in [5.74, 6) is 0.403. The van der Waals surface area contributed by atoms with Crippen LogP contribution in [0.15, 0.2) is 0 Å². The van der Waals surface area contributed by atoms with Crippen LogP contribution >= 0.6 is 0 Å². The number of carbonyl (C=O) groups excluding carboxylic acids is 1. The normalized spacial score (nSPS) is 31.3. The number of rotatable bonds is 4. The lowest BCUT2D eigenvalue weighted by atomic mass is 9.78. The van der Waals surface area contributed by atoms with E-state index in [0.717, 1.165) is 25.7 Å². The molecule has 4 heteroatoms. The summed E-state index contributed by atoms with van der Waals surface area (Å²) in [6.45, 7) is 2.91. The van der Waals surface area contributed by atoms with E-state index in [4.69, 9.17) is 15.2 Å². The molecular formula is C11H21NO3. The van der Waals surface area contributed by atoms with Gasteiger partial charge >= 0.3 is 5.97 Å². The SMILES string of the molecule is COCCOC(=O)C1(N)CCC(C)CC1. The highest BCUT2D eigenvalue weighted by Gasteiger charge is 2.38. The third kappa shape index (κ3) is 3.47. The monoisotopic (exact) mass is 215 g/mol. The van der Waals surface area contributed by atoms with Crippen LogP contribution in [0.3, 0.4) is 0 Å². The molecule has 1 aliphatic rings. The topological polar surface area (TPSA) is 61.5 Å². The number of esters is 1. The first-order chi connectivity index (χ1) is 7.08. The van der Waals surface area contributed by atoms with Crippen LogP contribution in [0, 0.1) is 5.92 Å². The van der Waals surface area contributed by atoms with E-state index in [1.54, 1.807) is 7.11 Å². The lowest BCUT2D eigenvalue weighted by Crippen LogP contribution is -2.51. The van der Waals surface area contributed by atoms with E-state index < -0.39 is 5.54 Å². The van der Waals surface area contributed by atoms with Crippen LogP contribution in [-0.2, 0) is 14.3 Å². The molecule has 0 atom stereocenters. The maximum atomic E-state index is 11.7. The van der Waals surface area contributed by atoms with Gasteiger partial charge in [0.25, 0.3) is 0 Å². The Balaban J connectivity index is 2.36. The Kier molecular flexibility index (Phi) is 4.54. The van der Waals surface area contributed by atoms with Gasteiger partial charge in [0.1, 0.15) is 12.1 Å². The summed E-state index contributed by atoms with van der Waals surface area (Å²) >= 11 is 0. The van der Waals surface area contributed by atoms with Gasteiger partial charge in [-0.15, -0.1) is 0 Å². The largest absolute Gasteiger partial charge is 0.462 e. The van der Waals surface area contributed by atoms with Crippen molar-refractivity contribution in [2.75, 3.05) is 20.3 Å². The molecule has 0 aromatic heterocycles. The maximum Gasteiger partial charge on any atom is 0.326 e. The molecule has 1 rings (SSSR count). The van der Waals surface area contributed by atoms with Crippen LogP contribution < -0.4 is 5.73 Å². The second-order valence-electron chi connectivity index (χ2n) is 4.47. The summed E-state index contributed by atoms with van der Waals surface area (Å²) in [6, 6.07) is 0. The molecule has 0 heterocycles. The predicted octanol–water partition coefficient (Wildman–Crippen LogP) is 1.08. The molecule has 0 spiro atoms. The Morgan fingerprint density at radius 1 is 1.40 bits per heavy atom. The van der Waals surface area contributed by atoms with Crippen molar-refractivity contribution >= 4 is 5.97 Å². The average Bonchev–Trinajstić information content (AvgIpc) is 2.23. The Labute approximate surface area is 91.1 Å². The van der Waals surface area contributed by atoms with Crippen LogP contribution in [0.1, 0.15) is 32.6 Å². The first-order valence-electron chi connectivity index (χ1n) is 5.53. The third-order valence-electron chi connectivity index (χ3n) is 3.09. The lowest BCUT2D eigenvalue weighted by molar-refractivity contribution is -0.153. The minimum absolute atomic E-state index is 0.272. The van der Waals surface area contributed by atoms with E-state index in [2.05, 4.69) is 6.92 Å². The summed E-state index contributed by atoms with van der Waals surface area (Å²) in [5, 5.41) is 0. The minimum atomic E-state index is -0.750. The highest BCUT2D eigenvalue weighted by atomic mass is 16.6. The number of hydrogen-bond acceptors (Lipinski definition) is 4. The zero-order chi connectivity index (χ0) is 11.3. The van der Waals surface area contributed by atoms with Gasteiger partial charge in [0.05, 0.1) is 6.61 Å². The highest BCUT2D eigenvalue weighted by molar-refractivity contribution is 5.80.